The normalized spacial score (nSPS) is 11.4. The first kappa shape index (κ1) is 10.9. The van der Waals surface area contributed by atoms with Crippen molar-refractivity contribution < 1.29 is 8.78 Å². The number of fused-ring (bicyclic) bond motifs is 3. The Morgan fingerprint density at radius 3 is 2.78 bits per heavy atom. The highest BCUT2D eigenvalue weighted by molar-refractivity contribution is 6.06. The number of hydrogen-bond donors (Lipinski definition) is 2. The first-order valence-corrected chi connectivity index (χ1v) is 5.37. The molecule has 3 rings (SSSR count). The molecule has 18 heavy (non-hydrogen) atoms. The zero-order valence-corrected chi connectivity index (χ0v) is 9.26. The van der Waals surface area contributed by atoms with Gasteiger partial charge in [0, 0.05) is 34.1 Å². The van der Waals surface area contributed by atoms with Crippen molar-refractivity contribution in [1.29, 1.82) is 0 Å². The Morgan fingerprint density at radius 1 is 1.22 bits per heavy atom. The molecule has 1 aromatic carbocycles. The van der Waals surface area contributed by atoms with Gasteiger partial charge in [-0.15, -0.1) is 0 Å². The molecule has 2 N–H and O–H groups in total. The van der Waals surface area contributed by atoms with Gasteiger partial charge in [-0.2, -0.15) is 0 Å². The Kier molecular flexibility index (Phi) is 2.36. The lowest BCUT2D eigenvalue weighted by atomic mass is 10.00. The molecular weight excluding hydrogens is 240 g/mol. The van der Waals surface area contributed by atoms with Gasteiger partial charge in [0.25, 0.3) is 0 Å². The molecule has 0 atom stereocenters. The fourth-order valence-corrected chi connectivity index (χ4v) is 2.20. The fraction of sp³-hybridized carbons (Fsp3) is 0.167. The minimum absolute atomic E-state index is 0.0441. The van der Waals surface area contributed by atoms with Crippen LogP contribution in [0.5, 0.6) is 0 Å². The van der Waals surface area contributed by atoms with Crippen LogP contribution in [0.3, 0.4) is 0 Å². The van der Waals surface area contributed by atoms with Crippen molar-refractivity contribution in [2.24, 2.45) is 0 Å². The summed E-state index contributed by atoms with van der Waals surface area (Å²) in [5.41, 5.74) is 0.310. The molecule has 4 nitrogen and oxygen atoms in total. The third-order valence-corrected chi connectivity index (χ3v) is 3.05. The molecule has 0 amide bonds. The van der Waals surface area contributed by atoms with Gasteiger partial charge in [0.15, 0.2) is 11.1 Å². The number of nitrogens with zero attached hydrogens (tertiary/aromatic N) is 1. The van der Waals surface area contributed by atoms with Crippen molar-refractivity contribution in [2.75, 3.05) is 0 Å². The summed E-state index contributed by atoms with van der Waals surface area (Å²) >= 11 is 0. The van der Waals surface area contributed by atoms with Crippen LogP contribution in [-0.2, 0) is 13.3 Å². The third-order valence-electron chi connectivity index (χ3n) is 3.05. The highest BCUT2D eigenvalue weighted by Crippen LogP contribution is 2.27. The summed E-state index contributed by atoms with van der Waals surface area (Å²) in [5, 5.41) is 7.00. The van der Waals surface area contributed by atoms with Gasteiger partial charge in [0.05, 0.1) is 0 Å². The number of halogens is 2. The second-order valence-corrected chi connectivity index (χ2v) is 4.00. The van der Waals surface area contributed by atoms with Gasteiger partial charge in [-0.25, -0.2) is 13.8 Å². The van der Waals surface area contributed by atoms with Crippen LogP contribution >= 0.6 is 0 Å². The van der Waals surface area contributed by atoms with E-state index in [1.165, 1.54) is 6.20 Å². The molecule has 0 aliphatic rings. The number of hydrogen-bond acceptors (Lipinski definition) is 2. The van der Waals surface area contributed by atoms with Crippen molar-refractivity contribution in [3.05, 3.63) is 39.8 Å². The molecule has 3 aromatic rings. The highest BCUT2D eigenvalue weighted by Gasteiger charge is 2.14. The minimum Gasteiger partial charge on any atom is -0.306 e. The molecule has 0 spiro atoms. The number of benzene rings is 1. The highest BCUT2D eigenvalue weighted by atomic mass is 19.1. The lowest BCUT2D eigenvalue weighted by molar-refractivity contribution is 0.481. The molecule has 0 aliphatic carbocycles. The van der Waals surface area contributed by atoms with Gasteiger partial charge in [-0.3, -0.25) is 9.89 Å². The Morgan fingerprint density at radius 2 is 2.06 bits per heavy atom. The molecule has 0 aliphatic heterocycles. The Hall–Kier alpha value is -2.24. The monoisotopic (exact) mass is 249 g/mol. The number of pyridine rings is 1. The van der Waals surface area contributed by atoms with Crippen molar-refractivity contribution in [1.82, 2.24) is 15.2 Å². The van der Waals surface area contributed by atoms with Gasteiger partial charge in [-0.05, 0) is 11.6 Å². The molecule has 0 fully saturated rings. The van der Waals surface area contributed by atoms with E-state index in [0.29, 0.717) is 21.8 Å². The van der Waals surface area contributed by atoms with E-state index in [9.17, 15) is 13.6 Å². The van der Waals surface area contributed by atoms with E-state index in [2.05, 4.69) is 15.2 Å². The zero-order chi connectivity index (χ0) is 12.7. The number of H-pyrrole nitrogens is 2. The maximum atomic E-state index is 13.1. The minimum atomic E-state index is -0.883. The van der Waals surface area contributed by atoms with E-state index in [0.717, 1.165) is 6.07 Å². The van der Waals surface area contributed by atoms with Crippen LogP contribution in [-0.4, -0.2) is 15.2 Å². The van der Waals surface area contributed by atoms with Crippen LogP contribution in [0.2, 0.25) is 0 Å². The summed E-state index contributed by atoms with van der Waals surface area (Å²) in [4.78, 5) is 15.9. The van der Waals surface area contributed by atoms with Crippen LogP contribution in [0.1, 0.15) is 11.1 Å². The smallest absolute Gasteiger partial charge is 0.185 e. The molecule has 2 heterocycles. The van der Waals surface area contributed by atoms with E-state index >= 15 is 0 Å². The molecule has 0 saturated heterocycles. The molecule has 0 radical (unpaired) electrons. The largest absolute Gasteiger partial charge is 0.306 e. The number of rotatable bonds is 2. The van der Waals surface area contributed by atoms with E-state index in [4.69, 9.17) is 0 Å². The van der Waals surface area contributed by atoms with Gasteiger partial charge in [0.1, 0.15) is 13.3 Å². The SMILES string of the molecule is O=c1cc(CF)c2cnc3[nH][nH]cc3c2c1CF. The number of nitrogens with one attached hydrogen (secondary N) is 2. The summed E-state index contributed by atoms with van der Waals surface area (Å²) < 4.78 is 26.0. The third kappa shape index (κ3) is 1.35. The van der Waals surface area contributed by atoms with Crippen LogP contribution in [0.15, 0.2) is 23.3 Å². The summed E-state index contributed by atoms with van der Waals surface area (Å²) in [5.74, 6) is 0. The predicted molar refractivity (Wildman–Crippen MR) is 63.8 cm³/mol. The Bertz CT molecular complexity index is 791. The first-order valence-electron chi connectivity index (χ1n) is 5.37. The average molecular weight is 249 g/mol. The summed E-state index contributed by atoms with van der Waals surface area (Å²) in [7, 11) is 0. The van der Waals surface area contributed by atoms with Crippen LogP contribution in [0.25, 0.3) is 21.8 Å². The average Bonchev–Trinajstić information content (AvgIpc) is 2.86. The van der Waals surface area contributed by atoms with Crippen molar-refractivity contribution in [3.63, 3.8) is 0 Å². The van der Waals surface area contributed by atoms with Gasteiger partial charge < -0.3 is 5.10 Å². The molecule has 92 valence electrons. The van der Waals surface area contributed by atoms with Crippen molar-refractivity contribution in [2.45, 2.75) is 13.3 Å². The second kappa shape index (κ2) is 3.90. The van der Waals surface area contributed by atoms with E-state index in [-0.39, 0.29) is 11.1 Å². The van der Waals surface area contributed by atoms with Gasteiger partial charge in [0.2, 0.25) is 0 Å². The van der Waals surface area contributed by atoms with E-state index in [1.807, 2.05) is 0 Å². The zero-order valence-electron chi connectivity index (χ0n) is 9.26. The predicted octanol–water partition coefficient (Wildman–Crippen LogP) is 2.34. The van der Waals surface area contributed by atoms with Gasteiger partial charge in [-0.1, -0.05) is 0 Å². The van der Waals surface area contributed by atoms with Gasteiger partial charge >= 0.3 is 0 Å². The molecule has 0 bridgehead atoms. The lowest BCUT2D eigenvalue weighted by Gasteiger charge is -2.06. The second-order valence-electron chi connectivity index (χ2n) is 4.00. The quantitative estimate of drug-likeness (QED) is 0.732. The Balaban J connectivity index is 2.63. The van der Waals surface area contributed by atoms with E-state index < -0.39 is 18.8 Å². The number of alkyl halides is 2. The molecule has 0 saturated carbocycles. The van der Waals surface area contributed by atoms with Crippen LogP contribution < -0.4 is 5.43 Å². The fourth-order valence-electron chi connectivity index (χ4n) is 2.20. The first-order chi connectivity index (χ1) is 8.76. The van der Waals surface area contributed by atoms with Crippen LogP contribution in [0, 0.1) is 0 Å². The van der Waals surface area contributed by atoms with Crippen molar-refractivity contribution >= 4 is 21.8 Å². The summed E-state index contributed by atoms with van der Waals surface area (Å²) in [6.45, 7) is -1.66. The lowest BCUT2D eigenvalue weighted by Crippen LogP contribution is -2.09. The summed E-state index contributed by atoms with van der Waals surface area (Å²) in [6, 6.07) is 1.14. The molecular formula is C12H9F2N3O. The topological polar surface area (TPSA) is 61.5 Å². The maximum Gasteiger partial charge on any atom is 0.185 e. The number of aromatic nitrogens is 3. The maximum absolute atomic E-state index is 13.1. The van der Waals surface area contributed by atoms with Crippen LogP contribution in [0.4, 0.5) is 8.78 Å². The molecule has 6 heteroatoms. The van der Waals surface area contributed by atoms with E-state index in [1.54, 1.807) is 6.20 Å². The number of aromatic amines is 2. The van der Waals surface area contributed by atoms with Crippen molar-refractivity contribution in [3.8, 4) is 0 Å². The standard InChI is InChI=1S/C12H9F2N3O/c13-2-6-1-10(18)7(3-14)11-8(6)4-15-12-9(11)5-16-17-12/h1,4-5H,2-3H2,(H2,15,16,17). The molecule has 0 unspecified atom stereocenters. The Labute approximate surface area is 99.6 Å². The molecule has 2 aromatic heterocycles. The summed E-state index contributed by atoms with van der Waals surface area (Å²) in [6.07, 6.45) is 3.04.